The Hall–Kier alpha value is -0.970. The van der Waals surface area contributed by atoms with E-state index in [9.17, 15) is 13.2 Å². The lowest BCUT2D eigenvalue weighted by Gasteiger charge is -2.05. The summed E-state index contributed by atoms with van der Waals surface area (Å²) in [5, 5.41) is 0.613. The normalized spacial score (nSPS) is 11.5. The van der Waals surface area contributed by atoms with E-state index in [0.717, 1.165) is 0 Å². The van der Waals surface area contributed by atoms with Crippen LogP contribution in [0.3, 0.4) is 0 Å². The summed E-state index contributed by atoms with van der Waals surface area (Å²) in [6.07, 6.45) is -1.02. The highest BCUT2D eigenvalue weighted by Crippen LogP contribution is 2.24. The first-order valence-corrected chi connectivity index (χ1v) is 5.09. The summed E-state index contributed by atoms with van der Waals surface area (Å²) >= 11 is 3.15. The Morgan fingerprint density at radius 3 is 2.73 bits per heavy atom. The van der Waals surface area contributed by atoms with Gasteiger partial charge in [-0.25, -0.2) is 13.2 Å². The smallest absolute Gasteiger partial charge is 0.256 e. The third kappa shape index (κ3) is 2.02. The Morgan fingerprint density at radius 2 is 2.07 bits per heavy atom. The molecule has 0 aliphatic heterocycles. The fraction of sp³-hybridized carbons (Fsp3) is 0.200. The van der Waals surface area contributed by atoms with E-state index in [-0.39, 0.29) is 5.52 Å². The molecule has 0 saturated heterocycles. The molecule has 5 heteroatoms. The molecule has 15 heavy (non-hydrogen) atoms. The van der Waals surface area contributed by atoms with Gasteiger partial charge in [-0.05, 0) is 18.2 Å². The zero-order valence-corrected chi connectivity index (χ0v) is 9.14. The average Bonchev–Trinajstić information content (AvgIpc) is 2.46. The van der Waals surface area contributed by atoms with Gasteiger partial charge >= 0.3 is 0 Å². The fourth-order valence-corrected chi connectivity index (χ4v) is 2.01. The summed E-state index contributed by atoms with van der Waals surface area (Å²) in [6.45, 7) is -0.484. The highest BCUT2D eigenvalue weighted by atomic mass is 79.9. The minimum absolute atomic E-state index is 0.221. The zero-order chi connectivity index (χ0) is 11.0. The number of alkyl halides is 2. The van der Waals surface area contributed by atoms with Crippen molar-refractivity contribution in [3.63, 3.8) is 0 Å². The van der Waals surface area contributed by atoms with Crippen LogP contribution in [0, 0.1) is 5.82 Å². The summed E-state index contributed by atoms with van der Waals surface area (Å²) in [6, 6.07) is 4.58. The van der Waals surface area contributed by atoms with Crippen molar-refractivity contribution in [1.82, 2.24) is 4.57 Å². The molecule has 0 spiro atoms. The van der Waals surface area contributed by atoms with Gasteiger partial charge in [-0.2, -0.15) is 0 Å². The largest absolute Gasteiger partial charge is 0.339 e. The minimum atomic E-state index is -2.48. The molecule has 0 fully saturated rings. The maximum atomic E-state index is 13.5. The van der Waals surface area contributed by atoms with Crippen molar-refractivity contribution in [3.8, 4) is 0 Å². The van der Waals surface area contributed by atoms with Crippen LogP contribution in [0.4, 0.5) is 13.2 Å². The van der Waals surface area contributed by atoms with Crippen LogP contribution in [0.2, 0.25) is 0 Å². The van der Waals surface area contributed by atoms with Gasteiger partial charge in [0.25, 0.3) is 6.43 Å². The van der Waals surface area contributed by atoms with E-state index in [0.29, 0.717) is 9.86 Å². The van der Waals surface area contributed by atoms with Gasteiger partial charge in [0.05, 0.1) is 12.1 Å². The van der Waals surface area contributed by atoms with Crippen molar-refractivity contribution in [3.05, 3.63) is 34.7 Å². The van der Waals surface area contributed by atoms with Crippen molar-refractivity contribution in [1.29, 1.82) is 0 Å². The second kappa shape index (κ2) is 3.89. The molecule has 0 saturated carbocycles. The fourth-order valence-electron chi connectivity index (χ4n) is 1.56. The summed E-state index contributed by atoms with van der Waals surface area (Å²) in [4.78, 5) is 0. The third-order valence-corrected chi connectivity index (χ3v) is 2.57. The van der Waals surface area contributed by atoms with Crippen LogP contribution in [0.1, 0.15) is 0 Å². The standard InChI is InChI=1S/C10H7BrF3N/c11-7-3-6-1-2-15(5-9(13)14)10(6)8(12)4-7/h1-4,9H,5H2. The third-order valence-electron chi connectivity index (χ3n) is 2.11. The molecular weight excluding hydrogens is 271 g/mol. The molecule has 1 aromatic heterocycles. The van der Waals surface area contributed by atoms with Crippen LogP contribution in [0.5, 0.6) is 0 Å². The van der Waals surface area contributed by atoms with E-state index in [1.165, 1.54) is 16.8 Å². The molecule has 80 valence electrons. The second-order valence-electron chi connectivity index (χ2n) is 3.18. The Labute approximate surface area is 92.6 Å². The number of rotatable bonds is 2. The summed E-state index contributed by atoms with van der Waals surface area (Å²) in [5.41, 5.74) is 0.221. The molecule has 0 radical (unpaired) electrons. The van der Waals surface area contributed by atoms with Gasteiger partial charge in [-0.1, -0.05) is 15.9 Å². The summed E-state index contributed by atoms with van der Waals surface area (Å²) < 4.78 is 39.7. The van der Waals surface area contributed by atoms with Gasteiger partial charge in [0.1, 0.15) is 5.82 Å². The molecule has 1 aromatic carbocycles. The first-order valence-electron chi connectivity index (χ1n) is 4.30. The Morgan fingerprint density at radius 1 is 1.33 bits per heavy atom. The summed E-state index contributed by atoms with van der Waals surface area (Å²) in [5.74, 6) is -0.495. The summed E-state index contributed by atoms with van der Waals surface area (Å²) in [7, 11) is 0. The molecule has 0 unspecified atom stereocenters. The van der Waals surface area contributed by atoms with Crippen LogP contribution in [-0.4, -0.2) is 11.0 Å². The molecular formula is C10H7BrF3N. The first-order chi connectivity index (χ1) is 7.08. The van der Waals surface area contributed by atoms with Gasteiger partial charge in [0.2, 0.25) is 0 Å². The number of aromatic nitrogens is 1. The monoisotopic (exact) mass is 277 g/mol. The highest BCUT2D eigenvalue weighted by Gasteiger charge is 2.11. The lowest BCUT2D eigenvalue weighted by atomic mass is 10.2. The molecule has 0 aliphatic rings. The predicted molar refractivity (Wildman–Crippen MR) is 55.6 cm³/mol. The molecule has 2 rings (SSSR count). The second-order valence-corrected chi connectivity index (χ2v) is 4.10. The van der Waals surface area contributed by atoms with E-state index in [1.807, 2.05) is 0 Å². The molecule has 1 nitrogen and oxygen atoms in total. The van der Waals surface area contributed by atoms with E-state index < -0.39 is 18.8 Å². The van der Waals surface area contributed by atoms with Gasteiger partial charge in [0, 0.05) is 16.1 Å². The van der Waals surface area contributed by atoms with Crippen LogP contribution in [0.25, 0.3) is 10.9 Å². The SMILES string of the molecule is Fc1cc(Br)cc2ccn(CC(F)F)c12. The van der Waals surface area contributed by atoms with Gasteiger partial charge in [0.15, 0.2) is 0 Å². The lowest BCUT2D eigenvalue weighted by Crippen LogP contribution is -2.05. The van der Waals surface area contributed by atoms with Crippen LogP contribution in [0.15, 0.2) is 28.9 Å². The Kier molecular flexibility index (Phi) is 2.73. The lowest BCUT2D eigenvalue weighted by molar-refractivity contribution is 0.128. The van der Waals surface area contributed by atoms with Crippen LogP contribution < -0.4 is 0 Å². The van der Waals surface area contributed by atoms with Gasteiger partial charge in [-0.3, -0.25) is 0 Å². The predicted octanol–water partition coefficient (Wildman–Crippen LogP) is 3.81. The molecule has 2 aromatic rings. The Balaban J connectivity index is 2.58. The number of halogens is 4. The first kappa shape index (κ1) is 10.5. The Bertz CT molecular complexity index is 493. The highest BCUT2D eigenvalue weighted by molar-refractivity contribution is 9.10. The molecule has 0 aliphatic carbocycles. The van der Waals surface area contributed by atoms with Crippen LogP contribution in [-0.2, 0) is 6.54 Å². The molecule has 0 N–H and O–H groups in total. The quantitative estimate of drug-likeness (QED) is 0.787. The number of hydrogen-bond donors (Lipinski definition) is 0. The number of fused-ring (bicyclic) bond motifs is 1. The van der Waals surface area contributed by atoms with Crippen molar-refractivity contribution < 1.29 is 13.2 Å². The maximum Gasteiger partial charge on any atom is 0.256 e. The molecule has 1 heterocycles. The van der Waals surface area contributed by atoms with E-state index in [4.69, 9.17) is 0 Å². The van der Waals surface area contributed by atoms with Gasteiger partial charge < -0.3 is 4.57 Å². The number of hydrogen-bond acceptors (Lipinski definition) is 0. The topological polar surface area (TPSA) is 4.93 Å². The van der Waals surface area contributed by atoms with Gasteiger partial charge in [-0.15, -0.1) is 0 Å². The van der Waals surface area contributed by atoms with E-state index in [2.05, 4.69) is 15.9 Å². The van der Waals surface area contributed by atoms with Crippen molar-refractivity contribution in [2.45, 2.75) is 13.0 Å². The zero-order valence-electron chi connectivity index (χ0n) is 7.55. The van der Waals surface area contributed by atoms with Crippen molar-refractivity contribution >= 4 is 26.8 Å². The van der Waals surface area contributed by atoms with E-state index in [1.54, 1.807) is 12.1 Å². The van der Waals surface area contributed by atoms with Crippen molar-refractivity contribution in [2.75, 3.05) is 0 Å². The molecule has 0 amide bonds. The average molecular weight is 278 g/mol. The molecule has 0 atom stereocenters. The minimum Gasteiger partial charge on any atom is -0.339 e. The number of nitrogens with zero attached hydrogens (tertiary/aromatic N) is 1. The maximum absolute atomic E-state index is 13.5. The number of benzene rings is 1. The molecule has 0 bridgehead atoms. The van der Waals surface area contributed by atoms with Crippen molar-refractivity contribution in [2.24, 2.45) is 0 Å². The van der Waals surface area contributed by atoms with E-state index >= 15 is 0 Å². The van der Waals surface area contributed by atoms with Crippen LogP contribution >= 0.6 is 15.9 Å².